The Balaban J connectivity index is 1.99. The van der Waals surface area contributed by atoms with E-state index in [-0.39, 0.29) is 0 Å². The Hall–Kier alpha value is -1.67. The number of aryl methyl sites for hydroxylation is 3. The predicted octanol–water partition coefficient (Wildman–Crippen LogP) is 3.59. The molecule has 0 aliphatic heterocycles. The molecule has 0 spiro atoms. The Labute approximate surface area is 115 Å². The van der Waals surface area contributed by atoms with Crippen LogP contribution in [0.25, 0.3) is 0 Å². The molecule has 2 heteroatoms. The van der Waals surface area contributed by atoms with Gasteiger partial charge in [-0.3, -0.25) is 4.98 Å². The Morgan fingerprint density at radius 2 is 1.79 bits per heavy atom. The minimum atomic E-state index is 0.370. The number of aromatic nitrogens is 1. The van der Waals surface area contributed by atoms with Crippen molar-refractivity contribution in [3.8, 4) is 0 Å². The fraction of sp³-hybridized carbons (Fsp3) is 0.353. The van der Waals surface area contributed by atoms with E-state index >= 15 is 0 Å². The van der Waals surface area contributed by atoms with Gasteiger partial charge in [-0.05, 0) is 50.9 Å². The minimum Gasteiger partial charge on any atom is -0.313 e. The number of nitrogens with one attached hydrogen (secondary N) is 1. The van der Waals surface area contributed by atoms with Gasteiger partial charge >= 0.3 is 0 Å². The zero-order valence-corrected chi connectivity index (χ0v) is 12.0. The summed E-state index contributed by atoms with van der Waals surface area (Å²) in [6.07, 6.45) is 4.15. The van der Waals surface area contributed by atoms with E-state index in [9.17, 15) is 0 Å². The van der Waals surface area contributed by atoms with Gasteiger partial charge in [0, 0.05) is 17.9 Å². The molecular weight excluding hydrogens is 232 g/mol. The summed E-state index contributed by atoms with van der Waals surface area (Å²) in [7, 11) is 2.01. The number of benzene rings is 1. The molecule has 0 saturated heterocycles. The van der Waals surface area contributed by atoms with Crippen LogP contribution in [0, 0.1) is 13.8 Å². The van der Waals surface area contributed by atoms with E-state index in [0.29, 0.717) is 6.04 Å². The van der Waals surface area contributed by atoms with Gasteiger partial charge in [-0.25, -0.2) is 0 Å². The zero-order chi connectivity index (χ0) is 13.7. The molecule has 100 valence electrons. The first kappa shape index (κ1) is 13.8. The Kier molecular flexibility index (Phi) is 4.69. The average Bonchev–Trinajstić information content (AvgIpc) is 2.43. The molecular formula is C17H22N2. The van der Waals surface area contributed by atoms with E-state index in [1.54, 1.807) is 0 Å². The molecule has 2 aromatic rings. The Bertz CT molecular complexity index is 500. The summed E-state index contributed by atoms with van der Waals surface area (Å²) in [5.41, 5.74) is 5.04. The van der Waals surface area contributed by atoms with Crippen molar-refractivity contribution >= 4 is 0 Å². The summed E-state index contributed by atoms with van der Waals surface area (Å²) in [4.78, 5) is 4.37. The highest BCUT2D eigenvalue weighted by molar-refractivity contribution is 5.22. The molecule has 2 nitrogen and oxygen atoms in total. The van der Waals surface area contributed by atoms with Crippen LogP contribution in [0.1, 0.15) is 34.8 Å². The summed E-state index contributed by atoms with van der Waals surface area (Å²) in [5, 5.41) is 3.38. The van der Waals surface area contributed by atoms with Gasteiger partial charge in [0.15, 0.2) is 0 Å². The second-order valence-corrected chi connectivity index (χ2v) is 5.10. The molecule has 0 saturated carbocycles. The summed E-state index contributed by atoms with van der Waals surface area (Å²) < 4.78 is 0. The lowest BCUT2D eigenvalue weighted by molar-refractivity contribution is 0.547. The van der Waals surface area contributed by atoms with Crippen molar-refractivity contribution < 1.29 is 0 Å². The molecule has 0 radical (unpaired) electrons. The van der Waals surface area contributed by atoms with Gasteiger partial charge in [-0.1, -0.05) is 35.9 Å². The normalized spacial score (nSPS) is 12.4. The maximum Gasteiger partial charge on any atom is 0.0372 e. The third kappa shape index (κ3) is 3.90. The Morgan fingerprint density at radius 3 is 2.37 bits per heavy atom. The van der Waals surface area contributed by atoms with Crippen LogP contribution in [0.2, 0.25) is 0 Å². The van der Waals surface area contributed by atoms with Gasteiger partial charge < -0.3 is 5.32 Å². The van der Waals surface area contributed by atoms with E-state index in [0.717, 1.165) is 18.5 Å². The molecule has 0 aliphatic carbocycles. The van der Waals surface area contributed by atoms with Crippen molar-refractivity contribution in [2.45, 2.75) is 32.7 Å². The molecule has 19 heavy (non-hydrogen) atoms. The Morgan fingerprint density at radius 1 is 1.05 bits per heavy atom. The van der Waals surface area contributed by atoms with E-state index in [1.807, 2.05) is 20.2 Å². The highest BCUT2D eigenvalue weighted by Crippen LogP contribution is 2.18. The lowest BCUT2D eigenvalue weighted by Crippen LogP contribution is -2.17. The van der Waals surface area contributed by atoms with E-state index in [1.165, 1.54) is 16.7 Å². The van der Waals surface area contributed by atoms with Crippen LogP contribution in [0.15, 0.2) is 42.6 Å². The highest BCUT2D eigenvalue weighted by atomic mass is 14.9. The van der Waals surface area contributed by atoms with E-state index in [4.69, 9.17) is 0 Å². The zero-order valence-electron chi connectivity index (χ0n) is 12.0. The minimum absolute atomic E-state index is 0.370. The summed E-state index contributed by atoms with van der Waals surface area (Å²) in [5.74, 6) is 0. The summed E-state index contributed by atoms with van der Waals surface area (Å²) in [6, 6.07) is 13.4. The third-order valence-corrected chi connectivity index (χ3v) is 3.53. The van der Waals surface area contributed by atoms with Crippen LogP contribution < -0.4 is 5.32 Å². The molecule has 2 rings (SSSR count). The SMILES string of the molecule is CNC(CCc1ccc(C)cc1)c1ccc(C)nc1. The van der Waals surface area contributed by atoms with Crippen LogP contribution >= 0.6 is 0 Å². The lowest BCUT2D eigenvalue weighted by atomic mass is 9.99. The molecule has 1 atom stereocenters. The monoisotopic (exact) mass is 254 g/mol. The molecule has 1 aromatic carbocycles. The van der Waals surface area contributed by atoms with Gasteiger partial charge in [0.05, 0.1) is 0 Å². The predicted molar refractivity (Wildman–Crippen MR) is 80.3 cm³/mol. The van der Waals surface area contributed by atoms with Crippen molar-refractivity contribution in [2.75, 3.05) is 7.05 Å². The molecule has 1 N–H and O–H groups in total. The van der Waals surface area contributed by atoms with Crippen molar-refractivity contribution in [3.63, 3.8) is 0 Å². The fourth-order valence-electron chi connectivity index (χ4n) is 2.23. The number of hydrogen-bond acceptors (Lipinski definition) is 2. The van der Waals surface area contributed by atoms with Gasteiger partial charge in [0.2, 0.25) is 0 Å². The first-order valence-corrected chi connectivity index (χ1v) is 6.84. The van der Waals surface area contributed by atoms with Gasteiger partial charge in [0.1, 0.15) is 0 Å². The van der Waals surface area contributed by atoms with E-state index < -0.39 is 0 Å². The first-order valence-electron chi connectivity index (χ1n) is 6.84. The van der Waals surface area contributed by atoms with Crippen molar-refractivity contribution in [3.05, 3.63) is 65.0 Å². The quantitative estimate of drug-likeness (QED) is 0.882. The molecule has 1 heterocycles. The van der Waals surface area contributed by atoms with Gasteiger partial charge in [-0.15, -0.1) is 0 Å². The highest BCUT2D eigenvalue weighted by Gasteiger charge is 2.09. The number of nitrogens with zero attached hydrogens (tertiary/aromatic N) is 1. The molecule has 0 fully saturated rings. The number of rotatable bonds is 5. The van der Waals surface area contributed by atoms with Crippen LogP contribution in [-0.2, 0) is 6.42 Å². The smallest absolute Gasteiger partial charge is 0.0372 e. The fourth-order valence-corrected chi connectivity index (χ4v) is 2.23. The average molecular weight is 254 g/mol. The second-order valence-electron chi connectivity index (χ2n) is 5.10. The number of pyridine rings is 1. The molecule has 0 bridgehead atoms. The molecule has 0 amide bonds. The van der Waals surface area contributed by atoms with E-state index in [2.05, 4.69) is 53.6 Å². The molecule has 1 aromatic heterocycles. The van der Waals surface area contributed by atoms with Crippen LogP contribution in [0.4, 0.5) is 0 Å². The van der Waals surface area contributed by atoms with Crippen molar-refractivity contribution in [1.29, 1.82) is 0 Å². The number of hydrogen-bond donors (Lipinski definition) is 1. The van der Waals surface area contributed by atoms with Crippen molar-refractivity contribution in [2.24, 2.45) is 0 Å². The van der Waals surface area contributed by atoms with Crippen molar-refractivity contribution in [1.82, 2.24) is 10.3 Å². The summed E-state index contributed by atoms with van der Waals surface area (Å²) in [6.45, 7) is 4.14. The first-order chi connectivity index (χ1) is 9.19. The largest absolute Gasteiger partial charge is 0.313 e. The third-order valence-electron chi connectivity index (χ3n) is 3.53. The van der Waals surface area contributed by atoms with Crippen LogP contribution in [-0.4, -0.2) is 12.0 Å². The molecule has 1 unspecified atom stereocenters. The topological polar surface area (TPSA) is 24.9 Å². The van der Waals surface area contributed by atoms with Crippen LogP contribution in [0.3, 0.4) is 0 Å². The van der Waals surface area contributed by atoms with Crippen LogP contribution in [0.5, 0.6) is 0 Å². The van der Waals surface area contributed by atoms with Gasteiger partial charge in [0.25, 0.3) is 0 Å². The molecule has 0 aliphatic rings. The lowest BCUT2D eigenvalue weighted by Gasteiger charge is -2.16. The maximum absolute atomic E-state index is 4.37. The maximum atomic E-state index is 4.37. The van der Waals surface area contributed by atoms with Gasteiger partial charge in [-0.2, -0.15) is 0 Å². The standard InChI is InChI=1S/C17H22N2/c1-13-4-7-15(8-5-13)9-11-17(18-3)16-10-6-14(2)19-12-16/h4-8,10,12,17-18H,9,11H2,1-3H3. The second kappa shape index (κ2) is 6.48. The summed E-state index contributed by atoms with van der Waals surface area (Å²) >= 11 is 0.